The fourth-order valence-electron chi connectivity index (χ4n) is 3.25. The molecule has 2 aliphatic heterocycles. The molecule has 0 bridgehead atoms. The summed E-state index contributed by atoms with van der Waals surface area (Å²) in [6.07, 6.45) is 3.40. The van der Waals surface area contributed by atoms with Crippen LogP contribution in [0, 0.1) is 0 Å². The second kappa shape index (κ2) is 5.75. The molecule has 2 fully saturated rings. The molecule has 2 aliphatic rings. The maximum Gasteiger partial charge on any atom is 0.124 e. The summed E-state index contributed by atoms with van der Waals surface area (Å²) in [6, 6.07) is 0.769. The number of hydrogen-bond donors (Lipinski definition) is 1. The number of hydrogen-bond acceptors (Lipinski definition) is 4. The third kappa shape index (κ3) is 2.54. The summed E-state index contributed by atoms with van der Waals surface area (Å²) in [4.78, 5) is 2.45. The van der Waals surface area contributed by atoms with Gasteiger partial charge in [-0.1, -0.05) is 0 Å². The Hall–Kier alpha value is -0.430. The molecule has 2 saturated heterocycles. The Morgan fingerprint density at radius 2 is 2.30 bits per heavy atom. The molecule has 3 rings (SSSR count). The van der Waals surface area contributed by atoms with Gasteiger partial charge in [-0.25, -0.2) is 0 Å². The van der Waals surface area contributed by atoms with Crippen molar-refractivity contribution in [2.24, 2.45) is 0 Å². The molecule has 6 heteroatoms. The second-order valence-corrected chi connectivity index (χ2v) is 6.88. The van der Waals surface area contributed by atoms with Gasteiger partial charge in [-0.15, -0.1) is 0 Å². The van der Waals surface area contributed by atoms with Crippen molar-refractivity contribution in [3.63, 3.8) is 0 Å². The van der Waals surface area contributed by atoms with Gasteiger partial charge in [0, 0.05) is 18.6 Å². The van der Waals surface area contributed by atoms with E-state index in [1.807, 2.05) is 4.68 Å². The molecular formula is C14H22BrN3O2. The maximum atomic E-state index is 10.7. The average molecular weight is 344 g/mol. The van der Waals surface area contributed by atoms with Gasteiger partial charge in [0.2, 0.25) is 0 Å². The van der Waals surface area contributed by atoms with E-state index in [9.17, 15) is 5.11 Å². The normalized spacial score (nSPS) is 28.9. The Balaban J connectivity index is 1.79. The number of aliphatic hydroxyl groups is 1. The molecule has 112 valence electrons. The van der Waals surface area contributed by atoms with E-state index in [1.165, 1.54) is 12.8 Å². The number of nitrogens with zero attached hydrogens (tertiary/aromatic N) is 3. The second-order valence-electron chi connectivity index (χ2n) is 6.02. The van der Waals surface area contributed by atoms with E-state index in [0.717, 1.165) is 29.9 Å². The Kier molecular flexibility index (Phi) is 4.17. The zero-order valence-corrected chi connectivity index (χ0v) is 13.6. The van der Waals surface area contributed by atoms with Crippen LogP contribution in [0.1, 0.15) is 44.5 Å². The Bertz CT molecular complexity index is 477. The largest absolute Gasteiger partial charge is 0.384 e. The van der Waals surface area contributed by atoms with E-state index >= 15 is 0 Å². The first-order valence-electron chi connectivity index (χ1n) is 7.34. The summed E-state index contributed by atoms with van der Waals surface area (Å²) in [7, 11) is 0. The molecule has 0 spiro atoms. The van der Waals surface area contributed by atoms with Crippen LogP contribution in [0.3, 0.4) is 0 Å². The van der Waals surface area contributed by atoms with E-state index in [2.05, 4.69) is 39.8 Å². The fourth-order valence-corrected chi connectivity index (χ4v) is 3.76. The molecule has 20 heavy (non-hydrogen) atoms. The van der Waals surface area contributed by atoms with Crippen molar-refractivity contribution in [3.8, 4) is 0 Å². The monoisotopic (exact) mass is 343 g/mol. The third-order valence-corrected chi connectivity index (χ3v) is 4.94. The molecule has 1 aromatic rings. The van der Waals surface area contributed by atoms with Gasteiger partial charge < -0.3 is 9.84 Å². The lowest BCUT2D eigenvalue weighted by molar-refractivity contribution is -0.106. The molecule has 0 aromatic carbocycles. The number of halogens is 1. The van der Waals surface area contributed by atoms with Gasteiger partial charge in [0.1, 0.15) is 12.2 Å². The number of fused-ring (bicyclic) bond motifs is 1. The Morgan fingerprint density at radius 3 is 3.05 bits per heavy atom. The highest BCUT2D eigenvalue weighted by atomic mass is 79.9. The lowest BCUT2D eigenvalue weighted by Gasteiger charge is -2.37. The SMILES string of the molecule is CC(C)n1ncc(Br)c1C(O)C1CN2CCCC2CO1. The fraction of sp³-hybridized carbons (Fsp3) is 0.786. The highest BCUT2D eigenvalue weighted by Crippen LogP contribution is 2.32. The molecule has 1 N–H and O–H groups in total. The molecule has 1 aromatic heterocycles. The number of rotatable bonds is 3. The van der Waals surface area contributed by atoms with Crippen molar-refractivity contribution in [1.29, 1.82) is 0 Å². The summed E-state index contributed by atoms with van der Waals surface area (Å²) < 4.78 is 8.64. The lowest BCUT2D eigenvalue weighted by Crippen LogP contribution is -2.48. The van der Waals surface area contributed by atoms with Crippen LogP contribution in [0.4, 0.5) is 0 Å². The topological polar surface area (TPSA) is 50.5 Å². The van der Waals surface area contributed by atoms with Gasteiger partial charge >= 0.3 is 0 Å². The summed E-state index contributed by atoms with van der Waals surface area (Å²) in [5.74, 6) is 0. The molecule has 3 unspecified atom stereocenters. The predicted octanol–water partition coefficient (Wildman–Crippen LogP) is 2.12. The molecule has 3 atom stereocenters. The summed E-state index contributed by atoms with van der Waals surface area (Å²) in [5.41, 5.74) is 0.822. The molecule has 0 radical (unpaired) electrons. The minimum atomic E-state index is -0.643. The first kappa shape index (κ1) is 14.5. The molecule has 5 nitrogen and oxygen atoms in total. The molecule has 0 aliphatic carbocycles. The smallest absolute Gasteiger partial charge is 0.124 e. The lowest BCUT2D eigenvalue weighted by atomic mass is 10.1. The van der Waals surface area contributed by atoms with Gasteiger partial charge in [-0.05, 0) is 49.2 Å². The first-order valence-corrected chi connectivity index (χ1v) is 8.14. The quantitative estimate of drug-likeness (QED) is 0.913. The Labute approximate surface area is 128 Å². The first-order chi connectivity index (χ1) is 9.58. The molecule has 3 heterocycles. The van der Waals surface area contributed by atoms with Crippen LogP contribution in [0.25, 0.3) is 0 Å². The highest BCUT2D eigenvalue weighted by molar-refractivity contribution is 9.10. The van der Waals surface area contributed by atoms with Gasteiger partial charge in [0.25, 0.3) is 0 Å². The minimum absolute atomic E-state index is 0.171. The predicted molar refractivity (Wildman–Crippen MR) is 79.6 cm³/mol. The van der Waals surface area contributed by atoms with Crippen molar-refractivity contribution >= 4 is 15.9 Å². The zero-order valence-electron chi connectivity index (χ0n) is 12.0. The molecular weight excluding hydrogens is 322 g/mol. The maximum absolute atomic E-state index is 10.7. The molecule has 0 amide bonds. The van der Waals surface area contributed by atoms with Gasteiger partial charge in [0.05, 0.1) is 23.0 Å². The number of aromatic nitrogens is 2. The van der Waals surface area contributed by atoms with Crippen LogP contribution in [-0.2, 0) is 4.74 Å². The number of morpholine rings is 1. The van der Waals surface area contributed by atoms with E-state index in [4.69, 9.17) is 4.74 Å². The van der Waals surface area contributed by atoms with Gasteiger partial charge in [-0.3, -0.25) is 9.58 Å². The third-order valence-electron chi connectivity index (χ3n) is 4.32. The highest BCUT2D eigenvalue weighted by Gasteiger charge is 2.37. The van der Waals surface area contributed by atoms with Crippen molar-refractivity contribution in [3.05, 3.63) is 16.4 Å². The van der Waals surface area contributed by atoms with E-state index < -0.39 is 6.10 Å². The van der Waals surface area contributed by atoms with Crippen LogP contribution in [0.15, 0.2) is 10.7 Å². The van der Waals surface area contributed by atoms with Crippen LogP contribution in [0.5, 0.6) is 0 Å². The van der Waals surface area contributed by atoms with E-state index in [1.54, 1.807) is 6.20 Å². The van der Waals surface area contributed by atoms with Gasteiger partial charge in [-0.2, -0.15) is 5.10 Å². The summed E-state index contributed by atoms with van der Waals surface area (Å²) in [6.45, 7) is 6.79. The van der Waals surface area contributed by atoms with Crippen molar-refractivity contribution in [1.82, 2.24) is 14.7 Å². The van der Waals surface area contributed by atoms with Crippen LogP contribution >= 0.6 is 15.9 Å². The minimum Gasteiger partial charge on any atom is -0.384 e. The van der Waals surface area contributed by atoms with Gasteiger partial charge in [0.15, 0.2) is 0 Å². The van der Waals surface area contributed by atoms with Crippen LogP contribution in [0.2, 0.25) is 0 Å². The average Bonchev–Trinajstić information content (AvgIpc) is 3.03. The van der Waals surface area contributed by atoms with Crippen LogP contribution < -0.4 is 0 Å². The zero-order chi connectivity index (χ0) is 14.3. The van der Waals surface area contributed by atoms with Crippen molar-refractivity contribution < 1.29 is 9.84 Å². The number of aliphatic hydroxyl groups excluding tert-OH is 1. The molecule has 0 saturated carbocycles. The van der Waals surface area contributed by atoms with E-state index in [-0.39, 0.29) is 12.1 Å². The van der Waals surface area contributed by atoms with Crippen molar-refractivity contribution in [2.75, 3.05) is 19.7 Å². The van der Waals surface area contributed by atoms with E-state index in [0.29, 0.717) is 6.04 Å². The standard InChI is InChI=1S/C14H22BrN3O2/c1-9(2)18-13(11(15)6-16-18)14(19)12-7-17-5-3-4-10(17)8-20-12/h6,9-10,12,14,19H,3-5,7-8H2,1-2H3. The number of ether oxygens (including phenoxy) is 1. The summed E-state index contributed by atoms with van der Waals surface area (Å²) >= 11 is 3.50. The summed E-state index contributed by atoms with van der Waals surface area (Å²) in [5, 5.41) is 15.1. The van der Waals surface area contributed by atoms with Crippen LogP contribution in [-0.4, -0.2) is 51.6 Å². The Morgan fingerprint density at radius 1 is 1.50 bits per heavy atom. The van der Waals surface area contributed by atoms with Crippen molar-refractivity contribution in [2.45, 2.75) is 51.0 Å².